The molecule has 0 spiro atoms. The molecule has 1 rings (SSSR count). The van der Waals surface area contributed by atoms with E-state index in [0.717, 1.165) is 18.8 Å². The van der Waals surface area contributed by atoms with Crippen molar-refractivity contribution in [3.8, 4) is 0 Å². The summed E-state index contributed by atoms with van der Waals surface area (Å²) in [5.41, 5.74) is 8.56. The van der Waals surface area contributed by atoms with Crippen molar-refractivity contribution in [2.45, 2.75) is 39.7 Å². The van der Waals surface area contributed by atoms with E-state index in [1.54, 1.807) is 0 Å². The van der Waals surface area contributed by atoms with E-state index in [9.17, 15) is 0 Å². The molecule has 14 heavy (non-hydrogen) atoms. The summed E-state index contributed by atoms with van der Waals surface area (Å²) in [7, 11) is 0. The van der Waals surface area contributed by atoms with E-state index < -0.39 is 0 Å². The summed E-state index contributed by atoms with van der Waals surface area (Å²) < 4.78 is 0. The van der Waals surface area contributed by atoms with Crippen molar-refractivity contribution in [3.63, 3.8) is 0 Å². The molecule has 0 aromatic heterocycles. The predicted octanol–water partition coefficient (Wildman–Crippen LogP) is 2.77. The van der Waals surface area contributed by atoms with Gasteiger partial charge < -0.3 is 5.73 Å². The van der Waals surface area contributed by atoms with E-state index in [0.29, 0.717) is 0 Å². The third kappa shape index (κ3) is 3.93. The zero-order chi connectivity index (χ0) is 10.6. The Morgan fingerprint density at radius 2 is 1.64 bits per heavy atom. The van der Waals surface area contributed by atoms with Crippen LogP contribution in [0.25, 0.3) is 0 Å². The van der Waals surface area contributed by atoms with Crippen LogP contribution in [0.5, 0.6) is 0 Å². The SMILES string of the molecule is CC(C)Cc1cccc(CC(C)N)c1. The van der Waals surface area contributed by atoms with Crippen LogP contribution in [0, 0.1) is 5.92 Å². The van der Waals surface area contributed by atoms with Crippen LogP contribution in [-0.4, -0.2) is 6.04 Å². The van der Waals surface area contributed by atoms with E-state index in [2.05, 4.69) is 45.0 Å². The van der Waals surface area contributed by atoms with Crippen LogP contribution in [-0.2, 0) is 12.8 Å². The fourth-order valence-electron chi connectivity index (χ4n) is 1.73. The van der Waals surface area contributed by atoms with Crippen LogP contribution in [0.4, 0.5) is 0 Å². The zero-order valence-corrected chi connectivity index (χ0v) is 9.46. The molecule has 1 unspecified atom stereocenters. The average Bonchev–Trinajstić information content (AvgIpc) is 2.01. The largest absolute Gasteiger partial charge is 0.328 e. The standard InChI is InChI=1S/C13H21N/c1-10(2)7-12-5-4-6-13(9-12)8-11(3)14/h4-6,9-11H,7-8,14H2,1-3H3. The van der Waals surface area contributed by atoms with E-state index in [1.165, 1.54) is 11.1 Å². The predicted molar refractivity (Wildman–Crippen MR) is 62.3 cm³/mol. The normalized spacial score (nSPS) is 13.2. The highest BCUT2D eigenvalue weighted by Crippen LogP contribution is 2.11. The summed E-state index contributed by atoms with van der Waals surface area (Å²) in [6, 6.07) is 9.03. The van der Waals surface area contributed by atoms with Gasteiger partial charge >= 0.3 is 0 Å². The summed E-state index contributed by atoms with van der Waals surface area (Å²) in [5, 5.41) is 0. The molecule has 0 saturated heterocycles. The van der Waals surface area contributed by atoms with Crippen molar-refractivity contribution in [2.75, 3.05) is 0 Å². The molecule has 1 nitrogen and oxygen atoms in total. The minimum Gasteiger partial charge on any atom is -0.328 e. The minimum atomic E-state index is 0.254. The molecule has 1 heteroatoms. The highest BCUT2D eigenvalue weighted by atomic mass is 14.6. The second kappa shape index (κ2) is 5.16. The van der Waals surface area contributed by atoms with Gasteiger partial charge in [0.2, 0.25) is 0 Å². The van der Waals surface area contributed by atoms with Gasteiger partial charge in [0, 0.05) is 6.04 Å². The summed E-state index contributed by atoms with van der Waals surface area (Å²) in [5.74, 6) is 0.723. The third-order valence-electron chi connectivity index (χ3n) is 2.19. The van der Waals surface area contributed by atoms with E-state index in [-0.39, 0.29) is 6.04 Å². The zero-order valence-electron chi connectivity index (χ0n) is 9.46. The Morgan fingerprint density at radius 3 is 2.14 bits per heavy atom. The quantitative estimate of drug-likeness (QED) is 0.778. The first-order valence-corrected chi connectivity index (χ1v) is 5.41. The van der Waals surface area contributed by atoms with Gasteiger partial charge in [0.15, 0.2) is 0 Å². The molecule has 0 amide bonds. The molecular formula is C13H21N. The van der Waals surface area contributed by atoms with Crippen LogP contribution in [0.1, 0.15) is 31.9 Å². The maximum absolute atomic E-state index is 5.78. The average molecular weight is 191 g/mol. The Morgan fingerprint density at radius 1 is 1.07 bits per heavy atom. The molecule has 0 fully saturated rings. The van der Waals surface area contributed by atoms with E-state index in [1.807, 2.05) is 0 Å². The second-order valence-electron chi connectivity index (χ2n) is 4.60. The van der Waals surface area contributed by atoms with Gasteiger partial charge in [-0.2, -0.15) is 0 Å². The first kappa shape index (κ1) is 11.3. The fraction of sp³-hybridized carbons (Fsp3) is 0.538. The van der Waals surface area contributed by atoms with E-state index in [4.69, 9.17) is 5.73 Å². The molecule has 1 atom stereocenters. The summed E-state index contributed by atoms with van der Waals surface area (Å²) in [6.45, 7) is 6.55. The molecule has 78 valence electrons. The second-order valence-corrected chi connectivity index (χ2v) is 4.60. The molecule has 0 aliphatic rings. The van der Waals surface area contributed by atoms with Crippen molar-refractivity contribution in [3.05, 3.63) is 35.4 Å². The van der Waals surface area contributed by atoms with Crippen molar-refractivity contribution in [1.29, 1.82) is 0 Å². The highest BCUT2D eigenvalue weighted by Gasteiger charge is 2.01. The first-order valence-electron chi connectivity index (χ1n) is 5.41. The molecular weight excluding hydrogens is 170 g/mol. The Bertz CT molecular complexity index is 251. The fourth-order valence-corrected chi connectivity index (χ4v) is 1.73. The Balaban J connectivity index is 2.68. The molecule has 0 saturated carbocycles. The van der Waals surface area contributed by atoms with Crippen LogP contribution < -0.4 is 5.73 Å². The Hall–Kier alpha value is -0.820. The van der Waals surface area contributed by atoms with Crippen LogP contribution in [0.2, 0.25) is 0 Å². The maximum atomic E-state index is 5.78. The van der Waals surface area contributed by atoms with Crippen LogP contribution >= 0.6 is 0 Å². The van der Waals surface area contributed by atoms with Gasteiger partial charge in [0.25, 0.3) is 0 Å². The van der Waals surface area contributed by atoms with E-state index >= 15 is 0 Å². The van der Waals surface area contributed by atoms with Crippen molar-refractivity contribution < 1.29 is 0 Å². The van der Waals surface area contributed by atoms with Gasteiger partial charge in [-0.25, -0.2) is 0 Å². The molecule has 0 heterocycles. The topological polar surface area (TPSA) is 26.0 Å². The lowest BCUT2D eigenvalue weighted by Gasteiger charge is -2.09. The van der Waals surface area contributed by atoms with Crippen molar-refractivity contribution in [2.24, 2.45) is 11.7 Å². The van der Waals surface area contributed by atoms with Crippen LogP contribution in [0.3, 0.4) is 0 Å². The molecule has 1 aromatic rings. The van der Waals surface area contributed by atoms with Gasteiger partial charge in [-0.1, -0.05) is 38.1 Å². The Kier molecular flexibility index (Phi) is 4.15. The molecule has 0 aliphatic heterocycles. The molecule has 0 radical (unpaired) electrons. The molecule has 0 aliphatic carbocycles. The lowest BCUT2D eigenvalue weighted by Crippen LogP contribution is -2.17. The van der Waals surface area contributed by atoms with Gasteiger partial charge in [-0.15, -0.1) is 0 Å². The van der Waals surface area contributed by atoms with Gasteiger partial charge in [0.1, 0.15) is 0 Å². The van der Waals surface area contributed by atoms with Crippen molar-refractivity contribution in [1.82, 2.24) is 0 Å². The van der Waals surface area contributed by atoms with Gasteiger partial charge in [0.05, 0.1) is 0 Å². The lowest BCUT2D eigenvalue weighted by molar-refractivity contribution is 0.646. The number of rotatable bonds is 4. The molecule has 2 N–H and O–H groups in total. The highest BCUT2D eigenvalue weighted by molar-refractivity contribution is 5.24. The number of hydrogen-bond donors (Lipinski definition) is 1. The monoisotopic (exact) mass is 191 g/mol. The smallest absolute Gasteiger partial charge is 0.00509 e. The molecule has 1 aromatic carbocycles. The lowest BCUT2D eigenvalue weighted by atomic mass is 9.99. The summed E-state index contributed by atoms with van der Waals surface area (Å²) >= 11 is 0. The summed E-state index contributed by atoms with van der Waals surface area (Å²) in [4.78, 5) is 0. The number of hydrogen-bond acceptors (Lipinski definition) is 1. The maximum Gasteiger partial charge on any atom is 0.00509 e. The Labute approximate surface area is 87.3 Å². The number of nitrogens with two attached hydrogens (primary N) is 1. The first-order chi connectivity index (χ1) is 6.58. The van der Waals surface area contributed by atoms with Crippen LogP contribution in [0.15, 0.2) is 24.3 Å². The molecule has 0 bridgehead atoms. The summed E-state index contributed by atoms with van der Waals surface area (Å²) in [6.07, 6.45) is 2.14. The van der Waals surface area contributed by atoms with Crippen molar-refractivity contribution >= 4 is 0 Å². The van der Waals surface area contributed by atoms with Gasteiger partial charge in [-0.3, -0.25) is 0 Å². The third-order valence-corrected chi connectivity index (χ3v) is 2.19. The minimum absolute atomic E-state index is 0.254. The number of benzene rings is 1. The van der Waals surface area contributed by atoms with Gasteiger partial charge in [-0.05, 0) is 36.8 Å².